The van der Waals surface area contributed by atoms with Crippen LogP contribution in [0, 0.1) is 0 Å². The fraction of sp³-hybridized carbons (Fsp3) is 0.222. The Balaban J connectivity index is 2.71. The van der Waals surface area contributed by atoms with E-state index in [0.717, 1.165) is 11.4 Å². The molecule has 70 valence electrons. The molecule has 1 amide bonds. The number of amides is 1. The number of carbonyl (C=O) groups excluding carboxylic acids is 1. The SMILES string of the molecule is COc1cccc(NC(=O)CI)c1. The molecule has 0 spiro atoms. The quantitative estimate of drug-likeness (QED) is 0.684. The molecule has 1 rings (SSSR count). The molecule has 0 aromatic heterocycles. The van der Waals surface area contributed by atoms with E-state index in [-0.39, 0.29) is 5.91 Å². The normalized spacial score (nSPS) is 9.38. The summed E-state index contributed by atoms with van der Waals surface area (Å²) in [6.07, 6.45) is 0. The van der Waals surface area contributed by atoms with E-state index in [1.807, 2.05) is 40.8 Å². The van der Waals surface area contributed by atoms with Crippen molar-refractivity contribution in [2.75, 3.05) is 16.9 Å². The third-order valence-corrected chi connectivity index (χ3v) is 2.17. The molecular weight excluding hydrogens is 281 g/mol. The predicted molar refractivity (Wildman–Crippen MR) is 60.5 cm³/mol. The Morgan fingerprint density at radius 3 is 3.00 bits per heavy atom. The first kappa shape index (κ1) is 10.3. The van der Waals surface area contributed by atoms with Crippen LogP contribution >= 0.6 is 22.6 Å². The van der Waals surface area contributed by atoms with E-state index in [1.165, 1.54) is 0 Å². The minimum absolute atomic E-state index is 0.00569. The first-order valence-corrected chi connectivity index (χ1v) is 5.28. The van der Waals surface area contributed by atoms with Crippen LogP contribution in [0.15, 0.2) is 24.3 Å². The number of anilines is 1. The summed E-state index contributed by atoms with van der Waals surface area (Å²) in [5, 5.41) is 2.74. The highest BCUT2D eigenvalue weighted by Crippen LogP contribution is 2.16. The molecule has 0 bridgehead atoms. The van der Waals surface area contributed by atoms with Crippen LogP contribution in [-0.2, 0) is 4.79 Å². The minimum atomic E-state index is -0.00569. The number of halogens is 1. The first-order chi connectivity index (χ1) is 6.26. The molecule has 0 atom stereocenters. The fourth-order valence-corrected chi connectivity index (χ4v) is 1.09. The number of benzene rings is 1. The molecule has 0 aliphatic rings. The molecule has 1 aromatic rings. The Kier molecular flexibility index (Phi) is 4.01. The average Bonchev–Trinajstić information content (AvgIpc) is 2.18. The monoisotopic (exact) mass is 291 g/mol. The van der Waals surface area contributed by atoms with E-state index in [1.54, 1.807) is 13.2 Å². The molecule has 3 nitrogen and oxygen atoms in total. The van der Waals surface area contributed by atoms with Crippen LogP contribution in [0.25, 0.3) is 0 Å². The van der Waals surface area contributed by atoms with Gasteiger partial charge in [-0.3, -0.25) is 4.79 Å². The third-order valence-electron chi connectivity index (χ3n) is 1.47. The van der Waals surface area contributed by atoms with Gasteiger partial charge >= 0.3 is 0 Å². The summed E-state index contributed by atoms with van der Waals surface area (Å²) in [7, 11) is 1.60. The van der Waals surface area contributed by atoms with E-state index < -0.39 is 0 Å². The van der Waals surface area contributed by atoms with Gasteiger partial charge in [0.25, 0.3) is 0 Å². The highest BCUT2D eigenvalue weighted by Gasteiger charge is 1.99. The van der Waals surface area contributed by atoms with Crippen LogP contribution in [0.5, 0.6) is 5.75 Å². The maximum absolute atomic E-state index is 11.0. The Bertz CT molecular complexity index is 301. The van der Waals surface area contributed by atoms with E-state index in [2.05, 4.69) is 5.32 Å². The summed E-state index contributed by atoms with van der Waals surface area (Å²) >= 11 is 2.01. The average molecular weight is 291 g/mol. The lowest BCUT2D eigenvalue weighted by Gasteiger charge is -2.04. The van der Waals surface area contributed by atoms with Crippen molar-refractivity contribution >= 4 is 34.2 Å². The second kappa shape index (κ2) is 5.06. The van der Waals surface area contributed by atoms with Gasteiger partial charge in [-0.15, -0.1) is 0 Å². The Labute approximate surface area is 90.6 Å². The highest BCUT2D eigenvalue weighted by molar-refractivity contribution is 14.1. The van der Waals surface area contributed by atoms with E-state index in [4.69, 9.17) is 4.74 Å². The number of hydrogen-bond donors (Lipinski definition) is 1. The molecule has 13 heavy (non-hydrogen) atoms. The maximum atomic E-state index is 11.0. The zero-order valence-electron chi connectivity index (χ0n) is 7.21. The Morgan fingerprint density at radius 2 is 2.38 bits per heavy atom. The lowest BCUT2D eigenvalue weighted by molar-refractivity contribution is -0.113. The molecule has 0 aliphatic heterocycles. The van der Waals surface area contributed by atoms with Gasteiger partial charge in [-0.05, 0) is 12.1 Å². The first-order valence-electron chi connectivity index (χ1n) is 3.76. The molecule has 0 saturated carbocycles. The van der Waals surface area contributed by atoms with Crippen molar-refractivity contribution in [1.29, 1.82) is 0 Å². The number of alkyl halides is 1. The number of hydrogen-bond acceptors (Lipinski definition) is 2. The zero-order valence-corrected chi connectivity index (χ0v) is 9.37. The number of methoxy groups -OCH3 is 1. The molecule has 0 saturated heterocycles. The summed E-state index contributed by atoms with van der Waals surface area (Å²) in [4.78, 5) is 11.0. The van der Waals surface area contributed by atoms with Crippen LogP contribution in [0.2, 0.25) is 0 Å². The van der Waals surface area contributed by atoms with Crippen LogP contribution in [0.1, 0.15) is 0 Å². The molecule has 0 aliphatic carbocycles. The van der Waals surface area contributed by atoms with Crippen LogP contribution in [0.4, 0.5) is 5.69 Å². The summed E-state index contributed by atoms with van der Waals surface area (Å²) < 4.78 is 5.47. The molecular formula is C9H10INO2. The van der Waals surface area contributed by atoms with Crippen molar-refractivity contribution < 1.29 is 9.53 Å². The van der Waals surface area contributed by atoms with Crippen molar-refractivity contribution in [2.24, 2.45) is 0 Å². The molecule has 1 N–H and O–H groups in total. The lowest BCUT2D eigenvalue weighted by atomic mass is 10.3. The smallest absolute Gasteiger partial charge is 0.234 e. The van der Waals surface area contributed by atoms with Gasteiger partial charge in [-0.1, -0.05) is 28.7 Å². The number of nitrogens with one attached hydrogen (secondary N) is 1. The van der Waals surface area contributed by atoms with Gasteiger partial charge in [0.1, 0.15) is 5.75 Å². The molecule has 1 aromatic carbocycles. The molecule has 4 heteroatoms. The standard InChI is InChI=1S/C9H10INO2/c1-13-8-4-2-3-7(5-8)11-9(12)6-10/h2-5H,6H2,1H3,(H,11,12). The van der Waals surface area contributed by atoms with Crippen molar-refractivity contribution in [3.8, 4) is 5.75 Å². The summed E-state index contributed by atoms with van der Waals surface area (Å²) in [5.74, 6) is 0.736. The minimum Gasteiger partial charge on any atom is -0.497 e. The second-order valence-electron chi connectivity index (χ2n) is 2.41. The Morgan fingerprint density at radius 1 is 1.62 bits per heavy atom. The maximum Gasteiger partial charge on any atom is 0.234 e. The van der Waals surface area contributed by atoms with Crippen molar-refractivity contribution in [1.82, 2.24) is 0 Å². The van der Waals surface area contributed by atoms with Crippen LogP contribution in [-0.4, -0.2) is 17.4 Å². The molecule has 0 radical (unpaired) electrons. The van der Waals surface area contributed by atoms with E-state index >= 15 is 0 Å². The number of carbonyl (C=O) groups is 1. The molecule has 0 heterocycles. The van der Waals surface area contributed by atoms with Crippen molar-refractivity contribution in [2.45, 2.75) is 0 Å². The largest absolute Gasteiger partial charge is 0.497 e. The number of rotatable bonds is 3. The van der Waals surface area contributed by atoms with E-state index in [0.29, 0.717) is 4.43 Å². The third kappa shape index (κ3) is 3.22. The summed E-state index contributed by atoms with van der Waals surface area (Å²) in [6.45, 7) is 0. The van der Waals surface area contributed by atoms with Gasteiger partial charge in [0.2, 0.25) is 5.91 Å². The van der Waals surface area contributed by atoms with Gasteiger partial charge in [0.15, 0.2) is 0 Å². The molecule has 0 fully saturated rings. The topological polar surface area (TPSA) is 38.3 Å². The van der Waals surface area contributed by atoms with Crippen molar-refractivity contribution in [3.63, 3.8) is 0 Å². The van der Waals surface area contributed by atoms with Gasteiger partial charge in [0, 0.05) is 11.8 Å². The second-order valence-corrected chi connectivity index (χ2v) is 3.18. The fourth-order valence-electron chi connectivity index (χ4n) is 0.895. The predicted octanol–water partition coefficient (Wildman–Crippen LogP) is 2.07. The van der Waals surface area contributed by atoms with Gasteiger partial charge in [-0.25, -0.2) is 0 Å². The van der Waals surface area contributed by atoms with E-state index in [9.17, 15) is 4.79 Å². The van der Waals surface area contributed by atoms with Gasteiger partial charge in [0.05, 0.1) is 11.5 Å². The molecule has 0 unspecified atom stereocenters. The summed E-state index contributed by atoms with van der Waals surface area (Å²) in [5.41, 5.74) is 0.765. The van der Waals surface area contributed by atoms with Gasteiger partial charge < -0.3 is 10.1 Å². The number of ether oxygens (including phenoxy) is 1. The van der Waals surface area contributed by atoms with Crippen LogP contribution < -0.4 is 10.1 Å². The van der Waals surface area contributed by atoms with Gasteiger partial charge in [-0.2, -0.15) is 0 Å². The Hall–Kier alpha value is -0.780. The van der Waals surface area contributed by atoms with Crippen LogP contribution in [0.3, 0.4) is 0 Å². The van der Waals surface area contributed by atoms with Crippen molar-refractivity contribution in [3.05, 3.63) is 24.3 Å². The summed E-state index contributed by atoms with van der Waals surface area (Å²) in [6, 6.07) is 7.28. The highest BCUT2D eigenvalue weighted by atomic mass is 127. The zero-order chi connectivity index (χ0) is 9.68. The lowest BCUT2D eigenvalue weighted by Crippen LogP contribution is -2.11.